The van der Waals surface area contributed by atoms with Crippen LogP contribution >= 0.6 is 23.2 Å². The molecule has 1 rings (SSSR count). The summed E-state index contributed by atoms with van der Waals surface area (Å²) in [5.74, 6) is -0.165. The summed E-state index contributed by atoms with van der Waals surface area (Å²) in [7, 11) is 0. The van der Waals surface area contributed by atoms with Crippen LogP contribution in [0.5, 0.6) is 5.75 Å². The van der Waals surface area contributed by atoms with Gasteiger partial charge in [-0.2, -0.15) is 0 Å². The number of hydrogen-bond acceptors (Lipinski definition) is 1. The van der Waals surface area contributed by atoms with E-state index in [0.29, 0.717) is 0 Å². The SMILES string of the molecule is Oc1cc(Cl)c(Cl)cc1CF. The van der Waals surface area contributed by atoms with Crippen LogP contribution in [0.15, 0.2) is 12.1 Å². The Morgan fingerprint density at radius 3 is 2.36 bits per heavy atom. The molecule has 0 fully saturated rings. The summed E-state index contributed by atoms with van der Waals surface area (Å²) in [4.78, 5) is 0. The van der Waals surface area contributed by atoms with Crippen LogP contribution in [-0.4, -0.2) is 5.11 Å². The van der Waals surface area contributed by atoms with Gasteiger partial charge in [0.1, 0.15) is 12.4 Å². The molecule has 0 atom stereocenters. The van der Waals surface area contributed by atoms with Crippen LogP contribution in [0.2, 0.25) is 10.0 Å². The number of phenolic OH excluding ortho intramolecular Hbond substituents is 1. The van der Waals surface area contributed by atoms with Crippen LogP contribution in [0.1, 0.15) is 5.56 Å². The van der Waals surface area contributed by atoms with Crippen molar-refractivity contribution in [3.8, 4) is 5.75 Å². The van der Waals surface area contributed by atoms with Gasteiger partial charge in [0.15, 0.2) is 0 Å². The lowest BCUT2D eigenvalue weighted by Crippen LogP contribution is -1.80. The summed E-state index contributed by atoms with van der Waals surface area (Å²) in [6.07, 6.45) is 0. The van der Waals surface area contributed by atoms with E-state index < -0.39 is 6.67 Å². The van der Waals surface area contributed by atoms with Crippen LogP contribution in [0.25, 0.3) is 0 Å². The molecular weight excluding hydrogens is 190 g/mol. The minimum absolute atomic E-state index is 0.152. The van der Waals surface area contributed by atoms with Gasteiger partial charge >= 0.3 is 0 Å². The molecule has 0 spiro atoms. The predicted octanol–water partition coefficient (Wildman–Crippen LogP) is 3.17. The Hall–Kier alpha value is -0.470. The number of alkyl halides is 1. The maximum atomic E-state index is 12.0. The maximum Gasteiger partial charge on any atom is 0.122 e. The summed E-state index contributed by atoms with van der Waals surface area (Å²) < 4.78 is 12.0. The number of aromatic hydroxyl groups is 1. The molecule has 0 aliphatic rings. The Kier molecular flexibility index (Phi) is 2.58. The third kappa shape index (κ3) is 1.76. The molecule has 0 aliphatic carbocycles. The van der Waals surface area contributed by atoms with Crippen LogP contribution in [0.3, 0.4) is 0 Å². The van der Waals surface area contributed by atoms with Crippen molar-refractivity contribution in [3.63, 3.8) is 0 Å². The van der Waals surface area contributed by atoms with Gasteiger partial charge in [0, 0.05) is 11.6 Å². The molecule has 0 saturated heterocycles. The minimum Gasteiger partial charge on any atom is -0.508 e. The van der Waals surface area contributed by atoms with Crippen molar-refractivity contribution < 1.29 is 9.50 Å². The fourth-order valence-electron chi connectivity index (χ4n) is 0.685. The lowest BCUT2D eigenvalue weighted by Gasteiger charge is -2.01. The summed E-state index contributed by atoms with van der Waals surface area (Å²) in [6.45, 7) is -0.747. The Morgan fingerprint density at radius 2 is 1.82 bits per heavy atom. The zero-order valence-corrected chi connectivity index (χ0v) is 6.95. The molecule has 1 aromatic rings. The van der Waals surface area contributed by atoms with Gasteiger partial charge in [0.2, 0.25) is 0 Å². The van der Waals surface area contributed by atoms with E-state index in [1.807, 2.05) is 0 Å². The first-order chi connectivity index (χ1) is 5.15. The topological polar surface area (TPSA) is 20.2 Å². The average Bonchev–Trinajstić information content (AvgIpc) is 1.97. The molecular formula is C7H5Cl2FO. The average molecular weight is 195 g/mol. The van der Waals surface area contributed by atoms with Crippen molar-refractivity contribution in [1.82, 2.24) is 0 Å². The molecule has 1 aromatic carbocycles. The summed E-state index contributed by atoms with van der Waals surface area (Å²) >= 11 is 11.1. The normalized spacial score (nSPS) is 10.1. The van der Waals surface area contributed by atoms with E-state index in [4.69, 9.17) is 28.3 Å². The summed E-state index contributed by atoms with van der Waals surface area (Å²) in [5.41, 5.74) is 0.152. The van der Waals surface area contributed by atoms with Crippen molar-refractivity contribution in [2.45, 2.75) is 6.67 Å². The highest BCUT2D eigenvalue weighted by atomic mass is 35.5. The molecule has 0 amide bonds. The Morgan fingerprint density at radius 1 is 1.27 bits per heavy atom. The predicted molar refractivity (Wildman–Crippen MR) is 42.9 cm³/mol. The van der Waals surface area contributed by atoms with Crippen molar-refractivity contribution in [1.29, 1.82) is 0 Å². The fraction of sp³-hybridized carbons (Fsp3) is 0.143. The van der Waals surface area contributed by atoms with Gasteiger partial charge in [-0.3, -0.25) is 0 Å². The molecule has 0 aliphatic heterocycles. The van der Waals surface area contributed by atoms with Crippen molar-refractivity contribution >= 4 is 23.2 Å². The van der Waals surface area contributed by atoms with Gasteiger partial charge in [0.25, 0.3) is 0 Å². The highest BCUT2D eigenvalue weighted by molar-refractivity contribution is 6.42. The van der Waals surface area contributed by atoms with Gasteiger partial charge in [0.05, 0.1) is 10.0 Å². The highest BCUT2D eigenvalue weighted by Gasteiger charge is 2.05. The van der Waals surface area contributed by atoms with Crippen LogP contribution in [0.4, 0.5) is 4.39 Å². The number of halogens is 3. The van der Waals surface area contributed by atoms with Crippen LogP contribution < -0.4 is 0 Å². The quantitative estimate of drug-likeness (QED) is 0.729. The van der Waals surface area contributed by atoms with Crippen molar-refractivity contribution in [2.24, 2.45) is 0 Å². The molecule has 0 aromatic heterocycles. The van der Waals surface area contributed by atoms with Crippen LogP contribution in [0, 0.1) is 0 Å². The number of hydrogen-bond donors (Lipinski definition) is 1. The molecule has 60 valence electrons. The van der Waals surface area contributed by atoms with Gasteiger partial charge in [-0.05, 0) is 6.07 Å². The third-order valence-electron chi connectivity index (χ3n) is 1.27. The zero-order chi connectivity index (χ0) is 8.43. The lowest BCUT2D eigenvalue weighted by molar-refractivity contribution is 0.433. The Balaban J connectivity index is 3.21. The van der Waals surface area contributed by atoms with E-state index in [9.17, 15) is 4.39 Å². The van der Waals surface area contributed by atoms with Gasteiger partial charge in [-0.1, -0.05) is 23.2 Å². The van der Waals surface area contributed by atoms with Gasteiger partial charge < -0.3 is 5.11 Å². The second kappa shape index (κ2) is 3.28. The van der Waals surface area contributed by atoms with Crippen molar-refractivity contribution in [2.75, 3.05) is 0 Å². The number of rotatable bonds is 1. The smallest absolute Gasteiger partial charge is 0.122 e. The minimum atomic E-state index is -0.747. The molecule has 0 heterocycles. The molecule has 0 radical (unpaired) electrons. The molecule has 11 heavy (non-hydrogen) atoms. The standard InChI is InChI=1S/C7H5Cl2FO/c8-5-1-4(3-10)7(11)2-6(5)9/h1-2,11H,3H2. The first-order valence-corrected chi connectivity index (χ1v) is 3.63. The van der Waals surface area contributed by atoms with E-state index >= 15 is 0 Å². The molecule has 1 N–H and O–H groups in total. The fourth-order valence-corrected chi connectivity index (χ4v) is 1.03. The van der Waals surface area contributed by atoms with E-state index in [1.165, 1.54) is 12.1 Å². The summed E-state index contributed by atoms with van der Waals surface area (Å²) in [6, 6.07) is 2.53. The summed E-state index contributed by atoms with van der Waals surface area (Å²) in [5, 5.41) is 9.50. The molecule has 0 unspecified atom stereocenters. The monoisotopic (exact) mass is 194 g/mol. The zero-order valence-electron chi connectivity index (χ0n) is 5.44. The first kappa shape index (κ1) is 8.62. The van der Waals surface area contributed by atoms with Gasteiger partial charge in [-0.15, -0.1) is 0 Å². The van der Waals surface area contributed by atoms with Crippen molar-refractivity contribution in [3.05, 3.63) is 27.7 Å². The second-order valence-electron chi connectivity index (χ2n) is 2.03. The number of phenols is 1. The van der Waals surface area contributed by atoms with Crippen LogP contribution in [-0.2, 0) is 6.67 Å². The molecule has 1 nitrogen and oxygen atoms in total. The highest BCUT2D eigenvalue weighted by Crippen LogP contribution is 2.29. The molecule has 0 bridgehead atoms. The van der Waals surface area contributed by atoms with E-state index in [0.717, 1.165) is 0 Å². The van der Waals surface area contributed by atoms with Gasteiger partial charge in [-0.25, -0.2) is 4.39 Å². The first-order valence-electron chi connectivity index (χ1n) is 2.88. The largest absolute Gasteiger partial charge is 0.508 e. The maximum absolute atomic E-state index is 12.0. The third-order valence-corrected chi connectivity index (χ3v) is 1.99. The second-order valence-corrected chi connectivity index (χ2v) is 2.84. The number of benzene rings is 1. The van der Waals surface area contributed by atoms with E-state index in [1.54, 1.807) is 0 Å². The molecule has 0 saturated carbocycles. The lowest BCUT2D eigenvalue weighted by atomic mass is 10.2. The Bertz CT molecular complexity index is 275. The van der Waals surface area contributed by atoms with E-state index in [-0.39, 0.29) is 21.4 Å². The molecule has 4 heteroatoms. The Labute approximate surface area is 73.4 Å². The van der Waals surface area contributed by atoms with E-state index in [2.05, 4.69) is 0 Å².